The average Bonchev–Trinajstić information content (AvgIpc) is 2.80. The van der Waals surface area contributed by atoms with E-state index in [1.54, 1.807) is 18.1 Å². The van der Waals surface area contributed by atoms with Crippen molar-refractivity contribution in [3.63, 3.8) is 0 Å². The first kappa shape index (κ1) is 14.8. The Balaban J connectivity index is 2.14. The first-order chi connectivity index (χ1) is 9.61. The van der Waals surface area contributed by atoms with Gasteiger partial charge in [0.2, 0.25) is 0 Å². The van der Waals surface area contributed by atoms with Crippen LogP contribution in [0.2, 0.25) is 0 Å². The quantitative estimate of drug-likeness (QED) is 0.840. The number of carbonyl (C=O) groups is 1. The second-order valence-electron chi connectivity index (χ2n) is 4.72. The van der Waals surface area contributed by atoms with Crippen LogP contribution in [-0.2, 0) is 13.1 Å². The van der Waals surface area contributed by atoms with E-state index >= 15 is 0 Å². The summed E-state index contributed by atoms with van der Waals surface area (Å²) >= 11 is 3.43. The highest BCUT2D eigenvalue weighted by Crippen LogP contribution is 2.17. The third-order valence-electron chi connectivity index (χ3n) is 3.02. The topological polar surface area (TPSA) is 38.1 Å². The summed E-state index contributed by atoms with van der Waals surface area (Å²) in [6, 6.07) is 7.59. The lowest BCUT2D eigenvalue weighted by Crippen LogP contribution is -2.28. The third kappa shape index (κ3) is 3.48. The van der Waals surface area contributed by atoms with E-state index in [1.165, 1.54) is 0 Å². The largest absolute Gasteiger partial charge is 0.342 e. The summed E-state index contributed by atoms with van der Waals surface area (Å²) in [5.41, 5.74) is 1.59. The number of pyridine rings is 1. The molecule has 0 atom stereocenters. The summed E-state index contributed by atoms with van der Waals surface area (Å²) in [6.07, 6.45) is 4.68. The van der Waals surface area contributed by atoms with Crippen molar-refractivity contribution in [2.75, 3.05) is 7.05 Å². The number of hydrogen-bond acceptors (Lipinski definition) is 2. The van der Waals surface area contributed by atoms with Gasteiger partial charge < -0.3 is 9.47 Å². The Kier molecular flexibility index (Phi) is 4.95. The summed E-state index contributed by atoms with van der Waals surface area (Å²) in [6.45, 7) is 3.44. The Bertz CT molecular complexity index is 580. The van der Waals surface area contributed by atoms with Crippen molar-refractivity contribution < 1.29 is 4.79 Å². The zero-order valence-electron chi connectivity index (χ0n) is 11.7. The molecule has 0 unspecified atom stereocenters. The highest BCUT2D eigenvalue weighted by Gasteiger charge is 2.17. The molecular formula is C15H18BrN3O. The summed E-state index contributed by atoms with van der Waals surface area (Å²) in [4.78, 5) is 18.5. The van der Waals surface area contributed by atoms with Crippen LogP contribution in [0.15, 0.2) is 41.1 Å². The van der Waals surface area contributed by atoms with E-state index in [2.05, 4.69) is 27.8 Å². The van der Waals surface area contributed by atoms with Gasteiger partial charge in [0.05, 0.1) is 12.2 Å². The Morgan fingerprint density at radius 1 is 1.45 bits per heavy atom. The van der Waals surface area contributed by atoms with E-state index in [-0.39, 0.29) is 5.91 Å². The molecule has 2 aromatic rings. The van der Waals surface area contributed by atoms with E-state index in [0.29, 0.717) is 12.2 Å². The Morgan fingerprint density at radius 3 is 2.90 bits per heavy atom. The number of rotatable bonds is 5. The molecule has 0 saturated heterocycles. The molecule has 0 spiro atoms. The molecule has 0 aromatic carbocycles. The van der Waals surface area contributed by atoms with Gasteiger partial charge in [0.25, 0.3) is 5.91 Å². The lowest BCUT2D eigenvalue weighted by atomic mass is 10.3. The van der Waals surface area contributed by atoms with Gasteiger partial charge in [-0.05, 0) is 40.5 Å². The summed E-state index contributed by atoms with van der Waals surface area (Å²) in [7, 11) is 1.80. The van der Waals surface area contributed by atoms with Gasteiger partial charge in [-0.15, -0.1) is 0 Å². The fourth-order valence-electron chi connectivity index (χ4n) is 2.08. The maximum atomic E-state index is 12.5. The molecule has 4 nitrogen and oxygen atoms in total. The van der Waals surface area contributed by atoms with Gasteiger partial charge in [0.15, 0.2) is 0 Å². The minimum atomic E-state index is 0.00908. The molecule has 0 aliphatic carbocycles. The van der Waals surface area contributed by atoms with Crippen molar-refractivity contribution in [2.24, 2.45) is 0 Å². The first-order valence-electron chi connectivity index (χ1n) is 6.63. The average molecular weight is 336 g/mol. The number of halogens is 1. The summed E-state index contributed by atoms with van der Waals surface area (Å²) < 4.78 is 2.92. The van der Waals surface area contributed by atoms with Crippen molar-refractivity contribution in [2.45, 2.75) is 26.4 Å². The van der Waals surface area contributed by atoms with Gasteiger partial charge in [0.1, 0.15) is 5.69 Å². The number of nitrogens with zero attached hydrogens (tertiary/aromatic N) is 3. The number of amides is 1. The number of carbonyl (C=O) groups excluding carboxylic acids is 1. The zero-order valence-corrected chi connectivity index (χ0v) is 13.3. The molecule has 0 bridgehead atoms. The second kappa shape index (κ2) is 6.70. The molecule has 0 radical (unpaired) electrons. The van der Waals surface area contributed by atoms with Crippen LogP contribution >= 0.6 is 15.9 Å². The van der Waals surface area contributed by atoms with Crippen LogP contribution < -0.4 is 0 Å². The molecule has 2 aromatic heterocycles. The number of aryl methyl sites for hydroxylation is 1. The molecule has 20 heavy (non-hydrogen) atoms. The van der Waals surface area contributed by atoms with Gasteiger partial charge in [-0.25, -0.2) is 0 Å². The van der Waals surface area contributed by atoms with E-state index in [9.17, 15) is 4.79 Å². The van der Waals surface area contributed by atoms with Crippen molar-refractivity contribution in [1.29, 1.82) is 0 Å². The van der Waals surface area contributed by atoms with Crippen LogP contribution in [0.3, 0.4) is 0 Å². The molecule has 0 N–H and O–H groups in total. The molecule has 2 heterocycles. The molecule has 0 saturated carbocycles. The lowest BCUT2D eigenvalue weighted by molar-refractivity contribution is 0.0772. The molecule has 106 valence electrons. The van der Waals surface area contributed by atoms with Crippen LogP contribution in [-0.4, -0.2) is 27.4 Å². The predicted molar refractivity (Wildman–Crippen MR) is 82.5 cm³/mol. The van der Waals surface area contributed by atoms with Crippen LogP contribution in [0.1, 0.15) is 29.5 Å². The normalized spacial score (nSPS) is 10.6. The highest BCUT2D eigenvalue weighted by molar-refractivity contribution is 9.10. The van der Waals surface area contributed by atoms with Crippen LogP contribution in [0.5, 0.6) is 0 Å². The van der Waals surface area contributed by atoms with Gasteiger partial charge in [-0.3, -0.25) is 9.78 Å². The van der Waals surface area contributed by atoms with Crippen LogP contribution in [0, 0.1) is 0 Å². The van der Waals surface area contributed by atoms with Gasteiger partial charge in [-0.1, -0.05) is 13.0 Å². The van der Waals surface area contributed by atoms with Crippen LogP contribution in [0.25, 0.3) is 0 Å². The monoisotopic (exact) mass is 335 g/mol. The summed E-state index contributed by atoms with van der Waals surface area (Å²) in [5.74, 6) is 0.00908. The standard InChI is InChI=1S/C15H18BrN3O/c1-3-8-19-10-12(16)9-14(19)15(20)18(2)11-13-6-4-5-7-17-13/h4-7,9-10H,3,8,11H2,1-2H3. The first-order valence-corrected chi connectivity index (χ1v) is 7.42. The number of hydrogen-bond donors (Lipinski definition) is 0. The van der Waals surface area contributed by atoms with Crippen molar-refractivity contribution in [3.8, 4) is 0 Å². The lowest BCUT2D eigenvalue weighted by Gasteiger charge is -2.17. The fourth-order valence-corrected chi connectivity index (χ4v) is 2.55. The molecule has 2 rings (SSSR count). The van der Waals surface area contributed by atoms with Gasteiger partial charge in [0, 0.05) is 30.5 Å². The van der Waals surface area contributed by atoms with E-state index in [0.717, 1.165) is 23.1 Å². The van der Waals surface area contributed by atoms with Gasteiger partial charge >= 0.3 is 0 Å². The SMILES string of the molecule is CCCn1cc(Br)cc1C(=O)N(C)Cc1ccccn1. The van der Waals surface area contributed by atoms with Crippen molar-refractivity contribution >= 4 is 21.8 Å². The van der Waals surface area contributed by atoms with Crippen LogP contribution in [0.4, 0.5) is 0 Å². The molecule has 1 amide bonds. The smallest absolute Gasteiger partial charge is 0.270 e. The minimum Gasteiger partial charge on any atom is -0.342 e. The second-order valence-corrected chi connectivity index (χ2v) is 5.63. The van der Waals surface area contributed by atoms with Crippen molar-refractivity contribution in [1.82, 2.24) is 14.5 Å². The molecular weight excluding hydrogens is 318 g/mol. The zero-order chi connectivity index (χ0) is 14.5. The Hall–Kier alpha value is -1.62. The van der Waals surface area contributed by atoms with E-state index in [4.69, 9.17) is 0 Å². The predicted octanol–water partition coefficient (Wildman–Crippen LogP) is 3.33. The fraction of sp³-hybridized carbons (Fsp3) is 0.333. The Labute approximate surface area is 127 Å². The number of aromatic nitrogens is 2. The van der Waals surface area contributed by atoms with Gasteiger partial charge in [-0.2, -0.15) is 0 Å². The van der Waals surface area contributed by atoms with Crippen molar-refractivity contribution in [3.05, 3.63) is 52.5 Å². The maximum Gasteiger partial charge on any atom is 0.270 e. The van der Waals surface area contributed by atoms with E-state index in [1.807, 2.05) is 35.0 Å². The molecule has 0 fully saturated rings. The third-order valence-corrected chi connectivity index (χ3v) is 3.45. The minimum absolute atomic E-state index is 0.00908. The van der Waals surface area contributed by atoms with E-state index < -0.39 is 0 Å². The molecule has 5 heteroatoms. The summed E-state index contributed by atoms with van der Waals surface area (Å²) in [5, 5.41) is 0. The molecule has 0 aliphatic heterocycles. The molecule has 0 aliphatic rings. The maximum absolute atomic E-state index is 12.5. The Morgan fingerprint density at radius 2 is 2.25 bits per heavy atom. The highest BCUT2D eigenvalue weighted by atomic mass is 79.9.